The zero-order valence-corrected chi connectivity index (χ0v) is 9.18. The Morgan fingerprint density at radius 3 is 2.94 bits per heavy atom. The number of nitrogens with zero attached hydrogens (tertiary/aromatic N) is 2. The van der Waals surface area contributed by atoms with E-state index >= 15 is 0 Å². The molecule has 84 valence electrons. The molecule has 0 amide bonds. The van der Waals surface area contributed by atoms with Gasteiger partial charge in [-0.05, 0) is 31.3 Å². The molecule has 1 atom stereocenters. The van der Waals surface area contributed by atoms with Gasteiger partial charge in [0.1, 0.15) is 18.4 Å². The van der Waals surface area contributed by atoms with Crippen LogP contribution < -0.4 is 4.74 Å². The molecule has 1 N–H and O–H groups in total. The van der Waals surface area contributed by atoms with Crippen LogP contribution in [-0.2, 0) is 0 Å². The maximum atomic E-state index is 9.35. The second-order valence-electron chi connectivity index (χ2n) is 3.32. The van der Waals surface area contributed by atoms with Gasteiger partial charge in [-0.2, -0.15) is 5.26 Å². The summed E-state index contributed by atoms with van der Waals surface area (Å²) >= 11 is 0. The first-order valence-electron chi connectivity index (χ1n) is 5.03. The van der Waals surface area contributed by atoms with Crippen molar-refractivity contribution in [2.75, 3.05) is 6.61 Å². The van der Waals surface area contributed by atoms with Crippen molar-refractivity contribution in [1.82, 2.24) is 0 Å². The minimum Gasteiger partial charge on any atom is -0.490 e. The molecule has 4 nitrogen and oxygen atoms in total. The molecule has 1 rings (SSSR count). The fourth-order valence-electron chi connectivity index (χ4n) is 1.13. The van der Waals surface area contributed by atoms with E-state index in [1.165, 1.54) is 0 Å². The minimum absolute atomic E-state index is 0.187. The second-order valence-corrected chi connectivity index (χ2v) is 3.32. The molecule has 0 spiro atoms. The van der Waals surface area contributed by atoms with Crippen molar-refractivity contribution in [2.24, 2.45) is 4.99 Å². The van der Waals surface area contributed by atoms with Gasteiger partial charge in [-0.3, -0.25) is 4.99 Å². The fourth-order valence-corrected chi connectivity index (χ4v) is 1.13. The van der Waals surface area contributed by atoms with Crippen LogP contribution in [0.5, 0.6) is 5.75 Å². The molecule has 0 aliphatic heterocycles. The highest BCUT2D eigenvalue weighted by Crippen LogP contribution is 2.23. The van der Waals surface area contributed by atoms with Crippen LogP contribution in [0, 0.1) is 11.3 Å². The van der Waals surface area contributed by atoms with Crippen LogP contribution in [-0.4, -0.2) is 24.5 Å². The first-order valence-corrected chi connectivity index (χ1v) is 5.03. The van der Waals surface area contributed by atoms with Gasteiger partial charge in [0.25, 0.3) is 0 Å². The Balaban J connectivity index is 2.80. The summed E-state index contributed by atoms with van der Waals surface area (Å²) in [6.07, 6.45) is 0.109. The van der Waals surface area contributed by atoms with Crippen molar-refractivity contribution in [2.45, 2.75) is 19.4 Å². The quantitative estimate of drug-likeness (QED) is 0.769. The number of hydrogen-bond acceptors (Lipinski definition) is 4. The van der Waals surface area contributed by atoms with Gasteiger partial charge in [0.15, 0.2) is 0 Å². The molecule has 0 aromatic heterocycles. The van der Waals surface area contributed by atoms with Crippen LogP contribution in [0.3, 0.4) is 0 Å². The van der Waals surface area contributed by atoms with E-state index < -0.39 is 6.10 Å². The van der Waals surface area contributed by atoms with Gasteiger partial charge < -0.3 is 9.84 Å². The summed E-state index contributed by atoms with van der Waals surface area (Å²) < 4.78 is 5.35. The maximum absolute atomic E-state index is 9.35. The van der Waals surface area contributed by atoms with E-state index in [1.807, 2.05) is 13.0 Å². The van der Waals surface area contributed by atoms with Gasteiger partial charge in [0.05, 0.1) is 17.4 Å². The first-order chi connectivity index (χ1) is 7.71. The van der Waals surface area contributed by atoms with Crippen LogP contribution in [0.2, 0.25) is 0 Å². The summed E-state index contributed by atoms with van der Waals surface area (Å²) in [5.74, 6) is 0.461. The predicted octanol–water partition coefficient (Wildman–Crippen LogP) is 2.04. The Bertz CT molecular complexity index is 410. The van der Waals surface area contributed by atoms with Crippen LogP contribution in [0.4, 0.5) is 5.69 Å². The molecule has 0 radical (unpaired) electrons. The Labute approximate surface area is 94.8 Å². The van der Waals surface area contributed by atoms with Gasteiger partial charge in [-0.1, -0.05) is 6.92 Å². The summed E-state index contributed by atoms with van der Waals surface area (Å²) in [5, 5.41) is 18.3. The third-order valence-electron chi connectivity index (χ3n) is 2.17. The standard InChI is InChI=1S/C12H14N2O2/c1-3-11(15)8-16-12-5-4-10(14-2)6-9(12)7-13/h4-6,11,15H,2-3,8H2,1H3/t11-/m1/s1. The van der Waals surface area contributed by atoms with E-state index in [-0.39, 0.29) is 6.61 Å². The first kappa shape index (κ1) is 12.2. The fraction of sp³-hybridized carbons (Fsp3) is 0.333. The average Bonchev–Trinajstić information content (AvgIpc) is 2.35. The van der Waals surface area contributed by atoms with Crippen molar-refractivity contribution in [1.29, 1.82) is 5.26 Å². The van der Waals surface area contributed by atoms with Gasteiger partial charge in [-0.25, -0.2) is 0 Å². The summed E-state index contributed by atoms with van der Waals surface area (Å²) in [5.41, 5.74) is 1.02. The van der Waals surface area contributed by atoms with Crippen molar-refractivity contribution < 1.29 is 9.84 Å². The molecule has 4 heteroatoms. The van der Waals surface area contributed by atoms with E-state index in [0.29, 0.717) is 23.4 Å². The summed E-state index contributed by atoms with van der Waals surface area (Å²) in [4.78, 5) is 3.73. The number of ether oxygens (including phenoxy) is 1. The Morgan fingerprint density at radius 2 is 2.38 bits per heavy atom. The number of aliphatic hydroxyl groups is 1. The number of nitriles is 1. The van der Waals surface area contributed by atoms with Crippen LogP contribution in [0.1, 0.15) is 18.9 Å². The number of hydrogen-bond donors (Lipinski definition) is 1. The third kappa shape index (κ3) is 3.07. The summed E-state index contributed by atoms with van der Waals surface area (Å²) in [6.45, 7) is 5.43. The molecule has 0 saturated heterocycles. The zero-order chi connectivity index (χ0) is 12.0. The lowest BCUT2D eigenvalue weighted by Crippen LogP contribution is -2.16. The average molecular weight is 218 g/mol. The normalized spacial score (nSPS) is 11.6. The molecular formula is C12H14N2O2. The summed E-state index contributed by atoms with van der Waals surface area (Å²) in [7, 11) is 0. The van der Waals surface area contributed by atoms with Crippen molar-refractivity contribution >= 4 is 12.4 Å². The molecular weight excluding hydrogens is 204 g/mol. The van der Waals surface area contributed by atoms with Crippen molar-refractivity contribution in [3.63, 3.8) is 0 Å². The highest BCUT2D eigenvalue weighted by molar-refractivity contribution is 5.55. The zero-order valence-electron chi connectivity index (χ0n) is 9.18. The molecule has 1 aromatic rings. The number of benzene rings is 1. The van der Waals surface area contributed by atoms with Gasteiger partial charge in [0.2, 0.25) is 0 Å². The number of aliphatic hydroxyl groups excluding tert-OH is 1. The summed E-state index contributed by atoms with van der Waals surface area (Å²) in [6, 6.07) is 6.98. The molecule has 0 saturated carbocycles. The lowest BCUT2D eigenvalue weighted by molar-refractivity contribution is 0.104. The highest BCUT2D eigenvalue weighted by atomic mass is 16.5. The monoisotopic (exact) mass is 218 g/mol. The van der Waals surface area contributed by atoms with E-state index in [2.05, 4.69) is 11.7 Å². The molecule has 16 heavy (non-hydrogen) atoms. The maximum Gasteiger partial charge on any atom is 0.137 e. The van der Waals surface area contributed by atoms with E-state index in [0.717, 1.165) is 0 Å². The SMILES string of the molecule is C=Nc1ccc(OC[C@H](O)CC)c(C#N)c1. The molecule has 0 heterocycles. The van der Waals surface area contributed by atoms with Gasteiger partial charge in [-0.15, -0.1) is 0 Å². The van der Waals surface area contributed by atoms with E-state index in [9.17, 15) is 5.11 Å². The molecule has 1 aromatic carbocycles. The highest BCUT2D eigenvalue weighted by Gasteiger charge is 2.07. The molecule has 0 aliphatic rings. The van der Waals surface area contributed by atoms with Gasteiger partial charge >= 0.3 is 0 Å². The molecule has 0 unspecified atom stereocenters. The Morgan fingerprint density at radius 1 is 1.62 bits per heavy atom. The van der Waals surface area contributed by atoms with E-state index in [1.54, 1.807) is 18.2 Å². The Kier molecular flexibility index (Phi) is 4.49. The van der Waals surface area contributed by atoms with Crippen LogP contribution in [0.15, 0.2) is 23.2 Å². The second kappa shape index (κ2) is 5.89. The number of rotatable bonds is 5. The lowest BCUT2D eigenvalue weighted by atomic mass is 10.2. The third-order valence-corrected chi connectivity index (χ3v) is 2.17. The van der Waals surface area contributed by atoms with Gasteiger partial charge in [0, 0.05) is 0 Å². The molecule has 0 bridgehead atoms. The Hall–Kier alpha value is -1.86. The molecule has 0 aliphatic carbocycles. The minimum atomic E-state index is -0.510. The smallest absolute Gasteiger partial charge is 0.137 e. The topological polar surface area (TPSA) is 65.6 Å². The van der Waals surface area contributed by atoms with Crippen LogP contribution in [0.25, 0.3) is 0 Å². The largest absolute Gasteiger partial charge is 0.490 e. The number of aliphatic imine (C=N–C) groups is 1. The van der Waals surface area contributed by atoms with Crippen LogP contribution >= 0.6 is 0 Å². The van der Waals surface area contributed by atoms with E-state index in [4.69, 9.17) is 10.00 Å². The van der Waals surface area contributed by atoms with Crippen molar-refractivity contribution in [3.8, 4) is 11.8 Å². The lowest BCUT2D eigenvalue weighted by Gasteiger charge is -2.11. The van der Waals surface area contributed by atoms with Crippen molar-refractivity contribution in [3.05, 3.63) is 23.8 Å². The predicted molar refractivity (Wildman–Crippen MR) is 62.2 cm³/mol. The molecule has 0 fully saturated rings.